The van der Waals surface area contributed by atoms with Crippen molar-refractivity contribution in [1.29, 1.82) is 0 Å². The monoisotopic (exact) mass is 250 g/mol. The van der Waals surface area contributed by atoms with Crippen LogP contribution in [-0.4, -0.2) is 35.0 Å². The molecule has 98 valence electrons. The smallest absolute Gasteiger partial charge is 0.252 e. The lowest BCUT2D eigenvalue weighted by Gasteiger charge is -2.17. The second-order valence-corrected chi connectivity index (χ2v) is 4.54. The van der Waals surface area contributed by atoms with Gasteiger partial charge in [-0.1, -0.05) is 6.92 Å². The topological polar surface area (TPSA) is 78.1 Å². The highest BCUT2D eigenvalue weighted by Crippen LogP contribution is 2.16. The zero-order valence-electron chi connectivity index (χ0n) is 10.7. The highest BCUT2D eigenvalue weighted by Gasteiger charge is 2.24. The molecule has 0 radical (unpaired) electrons. The first-order valence-corrected chi connectivity index (χ1v) is 6.20. The first-order valence-electron chi connectivity index (χ1n) is 6.20. The van der Waals surface area contributed by atoms with E-state index in [1.165, 1.54) is 13.0 Å². The Morgan fingerprint density at radius 1 is 1.67 bits per heavy atom. The van der Waals surface area contributed by atoms with Crippen LogP contribution in [0.5, 0.6) is 0 Å². The Labute approximate surface area is 105 Å². The molecule has 0 saturated carbocycles. The van der Waals surface area contributed by atoms with Gasteiger partial charge < -0.3 is 15.2 Å². The van der Waals surface area contributed by atoms with Gasteiger partial charge in [0.15, 0.2) is 0 Å². The average Bonchev–Trinajstić information content (AvgIpc) is 2.75. The summed E-state index contributed by atoms with van der Waals surface area (Å²) in [5, 5.41) is 2.89. The first kappa shape index (κ1) is 12.6. The first-order chi connectivity index (χ1) is 8.58. The Balaban J connectivity index is 2.11. The molecule has 1 amide bonds. The van der Waals surface area contributed by atoms with Crippen molar-refractivity contribution in [2.24, 2.45) is 0 Å². The number of anilines is 1. The molecule has 1 aliphatic rings. The molecule has 1 fully saturated rings. The number of aromatic nitrogens is 2. The fraction of sp³-hybridized carbons (Fsp3) is 0.583. The second-order valence-electron chi connectivity index (χ2n) is 4.54. The predicted molar refractivity (Wildman–Crippen MR) is 68.7 cm³/mol. The fourth-order valence-corrected chi connectivity index (χ4v) is 2.20. The molecule has 1 aliphatic heterocycles. The molecular weight excluding hydrogens is 232 g/mol. The van der Waals surface area contributed by atoms with Gasteiger partial charge in [0.1, 0.15) is 11.6 Å². The molecule has 0 aromatic carbocycles. The number of aromatic amines is 1. The van der Waals surface area contributed by atoms with Gasteiger partial charge in [-0.3, -0.25) is 9.59 Å². The second kappa shape index (κ2) is 5.20. The van der Waals surface area contributed by atoms with Crippen LogP contribution < -0.4 is 15.8 Å². The predicted octanol–water partition coefficient (Wildman–Crippen LogP) is 0.0471. The van der Waals surface area contributed by atoms with E-state index in [9.17, 15) is 9.59 Å². The molecule has 18 heavy (non-hydrogen) atoms. The molecule has 1 unspecified atom stereocenters. The lowest BCUT2D eigenvalue weighted by atomic mass is 10.3. The van der Waals surface area contributed by atoms with E-state index < -0.39 is 0 Å². The lowest BCUT2D eigenvalue weighted by molar-refractivity contribution is -0.119. The summed E-state index contributed by atoms with van der Waals surface area (Å²) in [4.78, 5) is 31.6. The zero-order valence-corrected chi connectivity index (χ0v) is 10.7. The van der Waals surface area contributed by atoms with Crippen molar-refractivity contribution in [2.75, 3.05) is 18.0 Å². The number of nitrogens with zero attached hydrogens (tertiary/aromatic N) is 2. The van der Waals surface area contributed by atoms with E-state index in [1.807, 2.05) is 11.8 Å². The van der Waals surface area contributed by atoms with Gasteiger partial charge in [-0.2, -0.15) is 0 Å². The summed E-state index contributed by atoms with van der Waals surface area (Å²) in [7, 11) is 0. The summed E-state index contributed by atoms with van der Waals surface area (Å²) in [5.74, 6) is 1.37. The Hall–Kier alpha value is -1.85. The molecule has 1 saturated heterocycles. The number of carbonyl (C=O) groups is 1. The summed E-state index contributed by atoms with van der Waals surface area (Å²) >= 11 is 0. The van der Waals surface area contributed by atoms with Gasteiger partial charge in [0.25, 0.3) is 5.56 Å². The van der Waals surface area contributed by atoms with Crippen LogP contribution in [0.4, 0.5) is 5.82 Å². The van der Waals surface area contributed by atoms with Gasteiger partial charge >= 0.3 is 0 Å². The third-order valence-electron chi connectivity index (χ3n) is 3.03. The third kappa shape index (κ3) is 2.88. The van der Waals surface area contributed by atoms with Crippen molar-refractivity contribution in [2.45, 2.75) is 32.7 Å². The van der Waals surface area contributed by atoms with Crippen LogP contribution in [0.2, 0.25) is 0 Å². The summed E-state index contributed by atoms with van der Waals surface area (Å²) in [6.07, 6.45) is 1.58. The number of rotatable bonds is 3. The Kier molecular flexibility index (Phi) is 3.64. The quantitative estimate of drug-likeness (QED) is 0.794. The lowest BCUT2D eigenvalue weighted by Crippen LogP contribution is -2.36. The van der Waals surface area contributed by atoms with Crippen molar-refractivity contribution < 1.29 is 4.79 Å². The van der Waals surface area contributed by atoms with Crippen LogP contribution in [0.3, 0.4) is 0 Å². The summed E-state index contributed by atoms with van der Waals surface area (Å²) in [5.41, 5.74) is -0.125. The van der Waals surface area contributed by atoms with Gasteiger partial charge in [0, 0.05) is 38.5 Å². The number of nitrogens with one attached hydrogen (secondary N) is 2. The van der Waals surface area contributed by atoms with Gasteiger partial charge in [-0.05, 0) is 6.42 Å². The zero-order chi connectivity index (χ0) is 13.1. The summed E-state index contributed by atoms with van der Waals surface area (Å²) in [6, 6.07) is 1.66. The van der Waals surface area contributed by atoms with Crippen molar-refractivity contribution in [1.82, 2.24) is 15.3 Å². The van der Waals surface area contributed by atoms with Crippen LogP contribution in [0.1, 0.15) is 26.1 Å². The minimum absolute atomic E-state index is 0.0186. The summed E-state index contributed by atoms with van der Waals surface area (Å²) in [6.45, 7) is 4.99. The molecule has 6 heteroatoms. The van der Waals surface area contributed by atoms with Gasteiger partial charge in [0.05, 0.1) is 0 Å². The van der Waals surface area contributed by atoms with E-state index in [0.29, 0.717) is 24.6 Å². The maximum Gasteiger partial charge on any atom is 0.252 e. The van der Waals surface area contributed by atoms with Crippen LogP contribution in [-0.2, 0) is 11.2 Å². The third-order valence-corrected chi connectivity index (χ3v) is 3.03. The molecule has 1 aromatic heterocycles. The minimum Gasteiger partial charge on any atom is -0.354 e. The normalized spacial score (nSPS) is 19.0. The molecule has 1 atom stereocenters. The molecule has 2 heterocycles. The molecule has 2 rings (SSSR count). The number of amides is 1. The van der Waals surface area contributed by atoms with Gasteiger partial charge in [-0.15, -0.1) is 0 Å². The van der Waals surface area contributed by atoms with Gasteiger partial charge in [0.2, 0.25) is 5.91 Å². The Bertz CT molecular complexity index is 497. The maximum absolute atomic E-state index is 11.5. The molecule has 0 spiro atoms. The highest BCUT2D eigenvalue weighted by molar-refractivity contribution is 5.73. The Morgan fingerprint density at radius 2 is 2.44 bits per heavy atom. The number of hydrogen-bond donors (Lipinski definition) is 2. The Morgan fingerprint density at radius 3 is 3.11 bits per heavy atom. The van der Waals surface area contributed by atoms with E-state index >= 15 is 0 Å². The highest BCUT2D eigenvalue weighted by atomic mass is 16.1. The molecule has 2 N–H and O–H groups in total. The standard InChI is InChI=1S/C12H18N4O2/c1-3-10-14-11(6-12(18)15-10)16-5-4-9(7-16)13-8(2)17/h6,9H,3-5,7H2,1-2H3,(H,13,17)(H,14,15,18). The molecular formula is C12H18N4O2. The number of H-pyrrole nitrogens is 1. The van der Waals surface area contributed by atoms with Crippen molar-refractivity contribution in [3.8, 4) is 0 Å². The van der Waals surface area contributed by atoms with E-state index in [2.05, 4.69) is 15.3 Å². The van der Waals surface area contributed by atoms with Crippen LogP contribution in [0, 0.1) is 0 Å². The molecule has 0 bridgehead atoms. The molecule has 0 aliphatic carbocycles. The van der Waals surface area contributed by atoms with Crippen LogP contribution in [0.25, 0.3) is 0 Å². The summed E-state index contributed by atoms with van der Waals surface area (Å²) < 4.78 is 0. The largest absolute Gasteiger partial charge is 0.354 e. The van der Waals surface area contributed by atoms with E-state index in [-0.39, 0.29) is 17.5 Å². The number of hydrogen-bond acceptors (Lipinski definition) is 4. The van der Waals surface area contributed by atoms with Crippen LogP contribution in [0.15, 0.2) is 10.9 Å². The van der Waals surface area contributed by atoms with Crippen molar-refractivity contribution >= 4 is 11.7 Å². The minimum atomic E-state index is -0.125. The van der Waals surface area contributed by atoms with Crippen molar-refractivity contribution in [3.05, 3.63) is 22.2 Å². The molecule has 6 nitrogen and oxygen atoms in total. The van der Waals surface area contributed by atoms with E-state index in [4.69, 9.17) is 0 Å². The van der Waals surface area contributed by atoms with Gasteiger partial charge in [-0.25, -0.2) is 4.98 Å². The fourth-order valence-electron chi connectivity index (χ4n) is 2.20. The van der Waals surface area contributed by atoms with E-state index in [0.717, 1.165) is 13.0 Å². The van der Waals surface area contributed by atoms with Crippen LogP contribution >= 0.6 is 0 Å². The molecule has 1 aromatic rings. The SMILES string of the molecule is CCc1nc(N2CCC(NC(C)=O)C2)cc(=O)[nH]1. The number of aryl methyl sites for hydroxylation is 1. The number of carbonyl (C=O) groups excluding carboxylic acids is 1. The van der Waals surface area contributed by atoms with Crippen molar-refractivity contribution in [3.63, 3.8) is 0 Å². The van der Waals surface area contributed by atoms with E-state index in [1.54, 1.807) is 0 Å². The maximum atomic E-state index is 11.5. The average molecular weight is 250 g/mol.